The Hall–Kier alpha value is -2.39. The second kappa shape index (κ2) is 7.69. The second-order valence-corrected chi connectivity index (χ2v) is 8.29. The number of rotatable bonds is 5. The highest BCUT2D eigenvalue weighted by molar-refractivity contribution is 7.89. The monoisotopic (exact) mass is 390 g/mol. The lowest BCUT2D eigenvalue weighted by molar-refractivity contribution is 0.297. The Morgan fingerprint density at radius 3 is 2.63 bits per heavy atom. The van der Waals surface area contributed by atoms with E-state index in [0.717, 1.165) is 32.4 Å². The van der Waals surface area contributed by atoms with Gasteiger partial charge in [-0.25, -0.2) is 23.1 Å². The summed E-state index contributed by atoms with van der Waals surface area (Å²) in [4.78, 5) is 11.0. The van der Waals surface area contributed by atoms with Crippen LogP contribution in [0.2, 0.25) is 0 Å². The topological polar surface area (TPSA) is 93.7 Å². The largest absolute Gasteiger partial charge is 0.490 e. The first-order valence-electron chi connectivity index (χ1n) is 9.08. The summed E-state index contributed by atoms with van der Waals surface area (Å²) < 4.78 is 39.0. The fraction of sp³-hybridized carbons (Fsp3) is 0.444. The van der Waals surface area contributed by atoms with E-state index in [9.17, 15) is 8.42 Å². The van der Waals surface area contributed by atoms with Crippen LogP contribution < -0.4 is 19.1 Å². The standard InChI is InChI=1S/C18H22N4O4S/c23-27(24,15-4-5-16-17(12-15)26-11-3-10-25-16)20-13-14-6-7-19-18(21-14)22-8-1-2-9-22/h4-7,12,20H,1-3,8-11,13H2. The summed E-state index contributed by atoms with van der Waals surface area (Å²) in [5.41, 5.74) is 0.629. The van der Waals surface area contributed by atoms with Crippen molar-refractivity contribution in [1.82, 2.24) is 14.7 Å². The van der Waals surface area contributed by atoms with E-state index in [4.69, 9.17) is 9.47 Å². The zero-order chi connectivity index (χ0) is 18.7. The number of ether oxygens (including phenoxy) is 2. The molecule has 2 aromatic rings. The predicted molar refractivity (Wildman–Crippen MR) is 99.6 cm³/mol. The van der Waals surface area contributed by atoms with Crippen molar-refractivity contribution in [2.75, 3.05) is 31.2 Å². The van der Waals surface area contributed by atoms with Crippen LogP contribution in [0.3, 0.4) is 0 Å². The van der Waals surface area contributed by atoms with Gasteiger partial charge in [0.25, 0.3) is 0 Å². The van der Waals surface area contributed by atoms with E-state index in [-0.39, 0.29) is 11.4 Å². The third-order valence-corrected chi connectivity index (χ3v) is 5.96. The van der Waals surface area contributed by atoms with Crippen molar-refractivity contribution >= 4 is 16.0 Å². The van der Waals surface area contributed by atoms with Crippen LogP contribution in [0.4, 0.5) is 5.95 Å². The fourth-order valence-corrected chi connectivity index (χ4v) is 4.13. The molecule has 8 nitrogen and oxygen atoms in total. The van der Waals surface area contributed by atoms with E-state index < -0.39 is 10.0 Å². The molecule has 3 heterocycles. The lowest BCUT2D eigenvalue weighted by atomic mass is 10.3. The number of anilines is 1. The van der Waals surface area contributed by atoms with E-state index in [1.54, 1.807) is 18.3 Å². The molecule has 0 radical (unpaired) electrons. The van der Waals surface area contributed by atoms with Gasteiger partial charge in [0.15, 0.2) is 11.5 Å². The molecule has 0 aliphatic carbocycles. The molecule has 27 heavy (non-hydrogen) atoms. The third kappa shape index (κ3) is 4.14. The second-order valence-electron chi connectivity index (χ2n) is 6.53. The van der Waals surface area contributed by atoms with Gasteiger partial charge >= 0.3 is 0 Å². The first-order chi connectivity index (χ1) is 13.1. The molecule has 0 atom stereocenters. The summed E-state index contributed by atoms with van der Waals surface area (Å²) in [6, 6.07) is 6.37. The number of hydrogen-bond acceptors (Lipinski definition) is 7. The molecule has 1 saturated heterocycles. The summed E-state index contributed by atoms with van der Waals surface area (Å²) in [6.07, 6.45) is 4.69. The number of nitrogens with one attached hydrogen (secondary N) is 1. The van der Waals surface area contributed by atoms with Gasteiger partial charge in [-0.15, -0.1) is 0 Å². The smallest absolute Gasteiger partial charge is 0.241 e. The van der Waals surface area contributed by atoms with Crippen molar-refractivity contribution < 1.29 is 17.9 Å². The molecule has 144 valence electrons. The number of hydrogen-bond donors (Lipinski definition) is 1. The van der Waals surface area contributed by atoms with Gasteiger partial charge in [-0.1, -0.05) is 0 Å². The molecule has 1 fully saturated rings. The van der Waals surface area contributed by atoms with Crippen molar-refractivity contribution in [2.45, 2.75) is 30.7 Å². The third-order valence-electron chi connectivity index (χ3n) is 4.56. The van der Waals surface area contributed by atoms with Gasteiger partial charge in [0.1, 0.15) is 0 Å². The molecular weight excluding hydrogens is 368 g/mol. The summed E-state index contributed by atoms with van der Waals surface area (Å²) in [5.74, 6) is 1.67. The molecule has 0 bridgehead atoms. The zero-order valence-corrected chi connectivity index (χ0v) is 15.7. The molecule has 0 amide bonds. The molecule has 2 aliphatic rings. The maximum absolute atomic E-state index is 12.7. The van der Waals surface area contributed by atoms with Crippen LogP contribution in [-0.2, 0) is 16.6 Å². The maximum atomic E-state index is 12.7. The zero-order valence-electron chi connectivity index (χ0n) is 14.9. The highest BCUT2D eigenvalue weighted by Gasteiger charge is 2.20. The van der Waals surface area contributed by atoms with Crippen molar-refractivity contribution in [2.24, 2.45) is 0 Å². The minimum absolute atomic E-state index is 0.0974. The Morgan fingerprint density at radius 2 is 1.81 bits per heavy atom. The molecule has 0 spiro atoms. The van der Waals surface area contributed by atoms with Gasteiger partial charge in [-0.05, 0) is 31.0 Å². The average molecular weight is 390 g/mol. The molecule has 0 unspecified atom stereocenters. The SMILES string of the molecule is O=S(=O)(NCc1ccnc(N2CCCC2)n1)c1ccc2c(c1)OCCCO2. The van der Waals surface area contributed by atoms with Crippen molar-refractivity contribution in [3.8, 4) is 11.5 Å². The first kappa shape index (κ1) is 18.0. The first-order valence-corrected chi connectivity index (χ1v) is 10.6. The van der Waals surface area contributed by atoms with Gasteiger partial charge in [0, 0.05) is 31.8 Å². The molecular formula is C18H22N4O4S. The van der Waals surface area contributed by atoms with Crippen LogP contribution in [0.25, 0.3) is 0 Å². The number of fused-ring (bicyclic) bond motifs is 1. The Kier molecular flexibility index (Phi) is 5.13. The molecule has 0 saturated carbocycles. The van der Waals surface area contributed by atoms with Crippen LogP contribution >= 0.6 is 0 Å². The van der Waals surface area contributed by atoms with Gasteiger partial charge < -0.3 is 14.4 Å². The normalized spacial score (nSPS) is 17.0. The highest BCUT2D eigenvalue weighted by atomic mass is 32.2. The molecule has 1 aromatic heterocycles. The van der Waals surface area contributed by atoms with Crippen LogP contribution in [0.1, 0.15) is 25.0 Å². The highest BCUT2D eigenvalue weighted by Crippen LogP contribution is 2.31. The summed E-state index contributed by atoms with van der Waals surface area (Å²) in [6.45, 7) is 3.04. The van der Waals surface area contributed by atoms with Crippen LogP contribution in [0.5, 0.6) is 11.5 Å². The Morgan fingerprint density at radius 1 is 1.04 bits per heavy atom. The Bertz CT molecular complexity index is 913. The van der Waals surface area contributed by atoms with Gasteiger partial charge in [0.2, 0.25) is 16.0 Å². The Balaban J connectivity index is 1.47. The molecule has 1 N–H and O–H groups in total. The molecule has 9 heteroatoms. The van der Waals surface area contributed by atoms with E-state index in [0.29, 0.717) is 36.4 Å². The minimum atomic E-state index is -3.70. The number of nitrogens with zero attached hydrogens (tertiary/aromatic N) is 3. The molecule has 2 aliphatic heterocycles. The van der Waals surface area contributed by atoms with Crippen molar-refractivity contribution in [3.63, 3.8) is 0 Å². The lowest BCUT2D eigenvalue weighted by Crippen LogP contribution is -2.25. The number of sulfonamides is 1. The maximum Gasteiger partial charge on any atom is 0.241 e. The molecule has 4 rings (SSSR count). The number of benzene rings is 1. The van der Waals surface area contributed by atoms with Gasteiger partial charge in [-0.3, -0.25) is 0 Å². The van der Waals surface area contributed by atoms with E-state index in [1.807, 2.05) is 0 Å². The number of aromatic nitrogens is 2. The van der Waals surface area contributed by atoms with Crippen molar-refractivity contribution in [1.29, 1.82) is 0 Å². The summed E-state index contributed by atoms with van der Waals surface area (Å²) in [5, 5.41) is 0. The quantitative estimate of drug-likeness (QED) is 0.831. The minimum Gasteiger partial charge on any atom is -0.490 e. The fourth-order valence-electron chi connectivity index (χ4n) is 3.12. The van der Waals surface area contributed by atoms with E-state index in [2.05, 4.69) is 19.6 Å². The molecule has 1 aromatic carbocycles. The average Bonchev–Trinajstić information content (AvgIpc) is 3.12. The summed E-state index contributed by atoms with van der Waals surface area (Å²) >= 11 is 0. The Labute approximate surface area is 158 Å². The van der Waals surface area contributed by atoms with Crippen LogP contribution in [-0.4, -0.2) is 44.7 Å². The van der Waals surface area contributed by atoms with E-state index in [1.165, 1.54) is 12.1 Å². The summed E-state index contributed by atoms with van der Waals surface area (Å²) in [7, 11) is -3.70. The van der Waals surface area contributed by atoms with Gasteiger partial charge in [0.05, 0.1) is 30.3 Å². The van der Waals surface area contributed by atoms with E-state index >= 15 is 0 Å². The lowest BCUT2D eigenvalue weighted by Gasteiger charge is -2.15. The van der Waals surface area contributed by atoms with Crippen LogP contribution in [0, 0.1) is 0 Å². The van der Waals surface area contributed by atoms with Gasteiger partial charge in [-0.2, -0.15) is 0 Å². The van der Waals surface area contributed by atoms with Crippen LogP contribution in [0.15, 0.2) is 35.4 Å². The van der Waals surface area contributed by atoms with Crippen molar-refractivity contribution in [3.05, 3.63) is 36.2 Å². The predicted octanol–water partition coefficient (Wildman–Crippen LogP) is 1.72.